The lowest BCUT2D eigenvalue weighted by atomic mass is 9.79. The number of benzene rings is 1. The van der Waals surface area contributed by atoms with Gasteiger partial charge in [0, 0.05) is 12.1 Å². The van der Waals surface area contributed by atoms with Crippen molar-refractivity contribution in [1.82, 2.24) is 4.90 Å². The van der Waals surface area contributed by atoms with Crippen LogP contribution in [0.1, 0.15) is 24.1 Å². The first-order valence-corrected chi connectivity index (χ1v) is 8.38. The van der Waals surface area contributed by atoms with E-state index in [4.69, 9.17) is 4.74 Å². The van der Waals surface area contributed by atoms with Crippen LogP contribution in [-0.2, 0) is 19.1 Å². The molecule has 0 aromatic heterocycles. The van der Waals surface area contributed by atoms with Gasteiger partial charge in [0.15, 0.2) is 0 Å². The standard InChI is InChI=1S/C18H22N2O5/c1-4-20-15(22)12-13(16(20)23)18(9-21,17(24)25-3)19-14(12)11-7-5-10(2)6-8-11/h5-8,12-14,19,21H,4,9H2,1-3H3/p+1/t12-,13-,14+,18+/m0/s1. The summed E-state index contributed by atoms with van der Waals surface area (Å²) >= 11 is 0. The first kappa shape index (κ1) is 17.6. The number of aliphatic hydroxyl groups is 1. The molecule has 7 heteroatoms. The minimum absolute atomic E-state index is 0.244. The first-order chi connectivity index (χ1) is 11.9. The molecule has 1 aromatic rings. The number of methoxy groups -OCH3 is 1. The molecule has 3 N–H and O–H groups in total. The number of amides is 2. The second kappa shape index (κ2) is 6.24. The number of nitrogens with two attached hydrogens (primary N) is 1. The van der Waals surface area contributed by atoms with E-state index in [-0.39, 0.29) is 12.5 Å². The Morgan fingerprint density at radius 3 is 2.44 bits per heavy atom. The average molecular weight is 347 g/mol. The van der Waals surface area contributed by atoms with Gasteiger partial charge in [-0.15, -0.1) is 0 Å². The number of fused-ring (bicyclic) bond motifs is 1. The number of aryl methyl sites for hydroxylation is 1. The molecule has 2 aliphatic rings. The Balaban J connectivity index is 2.13. The van der Waals surface area contributed by atoms with Gasteiger partial charge in [-0.1, -0.05) is 29.8 Å². The summed E-state index contributed by atoms with van der Waals surface area (Å²) in [6.45, 7) is 3.36. The number of imide groups is 1. The lowest BCUT2D eigenvalue weighted by Crippen LogP contribution is -2.99. The monoisotopic (exact) mass is 347 g/mol. The van der Waals surface area contributed by atoms with Crippen LogP contribution in [0.15, 0.2) is 24.3 Å². The summed E-state index contributed by atoms with van der Waals surface area (Å²) in [5.74, 6) is -3.01. The molecule has 134 valence electrons. The fraction of sp³-hybridized carbons (Fsp3) is 0.500. The highest BCUT2D eigenvalue weighted by Crippen LogP contribution is 2.44. The number of esters is 1. The summed E-state index contributed by atoms with van der Waals surface area (Å²) in [7, 11) is 1.22. The topological polar surface area (TPSA) is 101 Å². The lowest BCUT2D eigenvalue weighted by molar-refractivity contribution is -0.735. The highest BCUT2D eigenvalue weighted by atomic mass is 16.5. The molecule has 4 atom stereocenters. The minimum atomic E-state index is -1.49. The van der Waals surface area contributed by atoms with E-state index in [0.29, 0.717) is 0 Å². The molecule has 2 amide bonds. The van der Waals surface area contributed by atoms with Crippen molar-refractivity contribution in [3.05, 3.63) is 35.4 Å². The second-order valence-electron chi connectivity index (χ2n) is 6.72. The molecule has 0 unspecified atom stereocenters. The summed E-state index contributed by atoms with van der Waals surface area (Å²) in [6, 6.07) is 7.21. The van der Waals surface area contributed by atoms with E-state index in [2.05, 4.69) is 0 Å². The van der Waals surface area contributed by atoms with Crippen LogP contribution in [0.5, 0.6) is 0 Å². The first-order valence-electron chi connectivity index (χ1n) is 8.38. The predicted octanol–water partition coefficient (Wildman–Crippen LogP) is -0.862. The number of ether oxygens (including phenoxy) is 1. The van der Waals surface area contributed by atoms with Crippen LogP contribution in [0.3, 0.4) is 0 Å². The molecule has 3 rings (SSSR count). The van der Waals surface area contributed by atoms with E-state index >= 15 is 0 Å². The van der Waals surface area contributed by atoms with Gasteiger partial charge in [-0.2, -0.15) is 0 Å². The van der Waals surface area contributed by atoms with Gasteiger partial charge >= 0.3 is 5.97 Å². The summed E-state index contributed by atoms with van der Waals surface area (Å²) in [4.78, 5) is 39.3. The van der Waals surface area contributed by atoms with Crippen LogP contribution in [-0.4, -0.2) is 53.6 Å². The number of nitrogens with zero attached hydrogens (tertiary/aromatic N) is 1. The van der Waals surface area contributed by atoms with E-state index in [0.717, 1.165) is 11.1 Å². The van der Waals surface area contributed by atoms with Crippen LogP contribution in [0.4, 0.5) is 0 Å². The Kier molecular flexibility index (Phi) is 4.38. The fourth-order valence-electron chi connectivity index (χ4n) is 4.19. The van der Waals surface area contributed by atoms with Crippen molar-refractivity contribution >= 4 is 17.8 Å². The summed E-state index contributed by atoms with van der Waals surface area (Å²) in [5, 5.41) is 11.7. The Morgan fingerprint density at radius 1 is 1.28 bits per heavy atom. The molecule has 2 heterocycles. The van der Waals surface area contributed by atoms with Crippen molar-refractivity contribution in [2.75, 3.05) is 20.3 Å². The number of hydrogen-bond acceptors (Lipinski definition) is 5. The molecule has 0 saturated carbocycles. The van der Waals surface area contributed by atoms with Gasteiger partial charge in [0.25, 0.3) is 0 Å². The van der Waals surface area contributed by atoms with E-state index in [1.54, 1.807) is 12.2 Å². The maximum atomic E-state index is 12.8. The number of rotatable bonds is 4. The molecular formula is C18H23N2O5+. The van der Waals surface area contributed by atoms with Crippen LogP contribution >= 0.6 is 0 Å². The summed E-state index contributed by atoms with van der Waals surface area (Å²) in [6.07, 6.45) is 0. The number of likely N-dealkylation sites (tertiary alicyclic amines) is 1. The molecule has 2 saturated heterocycles. The van der Waals surface area contributed by atoms with Gasteiger partial charge in [-0.3, -0.25) is 14.5 Å². The van der Waals surface area contributed by atoms with Crippen LogP contribution in [0.25, 0.3) is 0 Å². The zero-order valence-electron chi connectivity index (χ0n) is 14.6. The molecule has 2 aliphatic heterocycles. The normalized spacial score (nSPS) is 31.4. The van der Waals surface area contributed by atoms with Crippen molar-refractivity contribution in [3.63, 3.8) is 0 Å². The van der Waals surface area contributed by atoms with Gasteiger partial charge in [0.1, 0.15) is 24.5 Å². The highest BCUT2D eigenvalue weighted by Gasteiger charge is 2.72. The summed E-state index contributed by atoms with van der Waals surface area (Å²) < 4.78 is 4.88. The van der Waals surface area contributed by atoms with Gasteiger partial charge in [0.05, 0.1) is 7.11 Å². The molecule has 1 aromatic carbocycles. The van der Waals surface area contributed by atoms with E-state index in [1.165, 1.54) is 12.0 Å². The quantitative estimate of drug-likeness (QED) is 0.545. The predicted molar refractivity (Wildman–Crippen MR) is 87.1 cm³/mol. The zero-order chi connectivity index (χ0) is 18.4. The largest absolute Gasteiger partial charge is 0.464 e. The molecule has 0 aliphatic carbocycles. The highest BCUT2D eigenvalue weighted by molar-refractivity contribution is 6.08. The maximum Gasteiger partial charge on any atom is 0.371 e. The van der Waals surface area contributed by atoms with E-state index in [1.807, 2.05) is 31.2 Å². The molecule has 7 nitrogen and oxygen atoms in total. The van der Waals surface area contributed by atoms with Crippen LogP contribution in [0.2, 0.25) is 0 Å². The van der Waals surface area contributed by atoms with Gasteiger partial charge < -0.3 is 15.2 Å². The van der Waals surface area contributed by atoms with Crippen molar-refractivity contribution in [3.8, 4) is 0 Å². The number of aliphatic hydroxyl groups excluding tert-OH is 1. The van der Waals surface area contributed by atoms with Crippen LogP contribution < -0.4 is 5.32 Å². The van der Waals surface area contributed by atoms with Crippen molar-refractivity contribution in [1.29, 1.82) is 0 Å². The van der Waals surface area contributed by atoms with Gasteiger partial charge in [-0.25, -0.2) is 4.79 Å². The molecule has 0 bridgehead atoms. The van der Waals surface area contributed by atoms with Crippen LogP contribution in [0, 0.1) is 18.8 Å². The Labute approximate surface area is 146 Å². The fourth-order valence-corrected chi connectivity index (χ4v) is 4.19. The van der Waals surface area contributed by atoms with E-state index in [9.17, 15) is 19.5 Å². The third-order valence-electron chi connectivity index (χ3n) is 5.47. The Hall–Kier alpha value is -2.25. The lowest BCUT2D eigenvalue weighted by Gasteiger charge is -2.27. The molecule has 0 radical (unpaired) electrons. The Bertz CT molecular complexity index is 717. The molecular weight excluding hydrogens is 324 g/mol. The number of carbonyl (C=O) groups excluding carboxylic acids is 3. The third kappa shape index (κ3) is 2.38. The molecule has 2 fully saturated rings. The SMILES string of the molecule is CCN1C(=O)[C@@H]2[C@@H](c3ccc(C)cc3)[NH2+][C@@](CO)(C(=O)OC)[C@@H]2C1=O. The minimum Gasteiger partial charge on any atom is -0.464 e. The molecule has 0 spiro atoms. The average Bonchev–Trinajstić information content (AvgIpc) is 3.10. The van der Waals surface area contributed by atoms with Crippen molar-refractivity contribution < 1.29 is 29.5 Å². The number of quaternary nitrogens is 1. The van der Waals surface area contributed by atoms with Crippen molar-refractivity contribution in [2.45, 2.75) is 25.4 Å². The zero-order valence-corrected chi connectivity index (χ0v) is 14.6. The number of hydrogen-bond donors (Lipinski definition) is 2. The smallest absolute Gasteiger partial charge is 0.371 e. The van der Waals surface area contributed by atoms with Gasteiger partial charge in [0.2, 0.25) is 17.4 Å². The summed E-state index contributed by atoms with van der Waals surface area (Å²) in [5.41, 5.74) is 0.425. The van der Waals surface area contributed by atoms with Crippen molar-refractivity contribution in [2.24, 2.45) is 11.8 Å². The second-order valence-corrected chi connectivity index (χ2v) is 6.72. The van der Waals surface area contributed by atoms with E-state index < -0.39 is 41.9 Å². The Morgan fingerprint density at radius 2 is 1.92 bits per heavy atom. The third-order valence-corrected chi connectivity index (χ3v) is 5.47. The number of carbonyl (C=O) groups is 3. The molecule has 25 heavy (non-hydrogen) atoms. The maximum absolute atomic E-state index is 12.8. The van der Waals surface area contributed by atoms with Gasteiger partial charge in [-0.05, 0) is 13.8 Å².